The van der Waals surface area contributed by atoms with Crippen LogP contribution in [0.2, 0.25) is 0 Å². The van der Waals surface area contributed by atoms with Crippen LogP contribution in [0.1, 0.15) is 40.9 Å². The van der Waals surface area contributed by atoms with Crippen LogP contribution in [0.5, 0.6) is 5.75 Å². The largest absolute Gasteiger partial charge is 0.496 e. The number of carbonyl (C=O) groups is 1. The van der Waals surface area contributed by atoms with Gasteiger partial charge in [0.25, 0.3) is 0 Å². The molecule has 0 aromatic heterocycles. The van der Waals surface area contributed by atoms with Crippen molar-refractivity contribution >= 4 is 5.97 Å². The maximum atomic E-state index is 12.0. The molecule has 1 aliphatic heterocycles. The Morgan fingerprint density at radius 1 is 1.50 bits per heavy atom. The summed E-state index contributed by atoms with van der Waals surface area (Å²) in [5.41, 5.74) is 3.93. The topological polar surface area (TPSA) is 35.5 Å². The highest BCUT2D eigenvalue weighted by Gasteiger charge is 2.43. The minimum atomic E-state index is -0.262. The van der Waals surface area contributed by atoms with Crippen molar-refractivity contribution < 1.29 is 14.3 Å². The lowest BCUT2D eigenvalue weighted by Crippen LogP contribution is -2.20. The molecule has 94 valence electrons. The van der Waals surface area contributed by atoms with Gasteiger partial charge in [-0.15, -0.1) is 0 Å². The summed E-state index contributed by atoms with van der Waals surface area (Å²) in [5.74, 6) is 0.584. The predicted octanol–water partition coefficient (Wildman–Crippen LogP) is 3.05. The number of esters is 1. The van der Waals surface area contributed by atoms with Crippen LogP contribution in [-0.4, -0.2) is 13.1 Å². The third-order valence-corrected chi connectivity index (χ3v) is 3.96. The second kappa shape index (κ2) is 3.87. The summed E-state index contributed by atoms with van der Waals surface area (Å²) in [6.45, 7) is 6.02. The molecule has 2 atom stereocenters. The van der Waals surface area contributed by atoms with Gasteiger partial charge in [0.05, 0.1) is 7.11 Å². The summed E-state index contributed by atoms with van der Waals surface area (Å²) in [7, 11) is 1.58. The van der Waals surface area contributed by atoms with Gasteiger partial charge in [0, 0.05) is 11.5 Å². The van der Waals surface area contributed by atoms with Crippen LogP contribution in [0, 0.1) is 5.92 Å². The van der Waals surface area contributed by atoms with Crippen LogP contribution in [-0.2, 0) is 11.2 Å². The molecule has 0 amide bonds. The maximum absolute atomic E-state index is 12.0. The average molecular weight is 244 g/mol. The fourth-order valence-electron chi connectivity index (χ4n) is 3.05. The van der Waals surface area contributed by atoms with Crippen molar-refractivity contribution in [3.05, 3.63) is 41.0 Å². The Kier molecular flexibility index (Phi) is 2.44. The van der Waals surface area contributed by atoms with Gasteiger partial charge in [-0.3, -0.25) is 0 Å². The molecular weight excluding hydrogens is 228 g/mol. The standard InChI is InChI=1S/C15H16O3/c1-8(2)10-6-4-9-5-7-11(17-3)13-12(9)14(10)18-15(13)16/h5,7,10,14H,1,4,6H2,2-3H3. The summed E-state index contributed by atoms with van der Waals surface area (Å²) in [4.78, 5) is 12.0. The van der Waals surface area contributed by atoms with Gasteiger partial charge in [0.2, 0.25) is 0 Å². The SMILES string of the molecule is C=C(C)C1CCc2ccc(OC)c3c2C1OC3=O. The lowest BCUT2D eigenvalue weighted by Gasteiger charge is -2.29. The van der Waals surface area contributed by atoms with E-state index in [-0.39, 0.29) is 18.0 Å². The Bertz CT molecular complexity index is 545. The normalized spacial score (nSPS) is 24.4. The van der Waals surface area contributed by atoms with Crippen molar-refractivity contribution in [3.8, 4) is 5.75 Å². The van der Waals surface area contributed by atoms with Crippen LogP contribution in [0.4, 0.5) is 0 Å². The monoisotopic (exact) mass is 244 g/mol. The molecule has 0 bridgehead atoms. The summed E-state index contributed by atoms with van der Waals surface area (Å²) in [6, 6.07) is 3.90. The molecule has 0 saturated heterocycles. The third-order valence-electron chi connectivity index (χ3n) is 3.96. The number of carbonyl (C=O) groups excluding carboxylic acids is 1. The Hall–Kier alpha value is -1.77. The molecule has 2 unspecified atom stereocenters. The molecule has 18 heavy (non-hydrogen) atoms. The predicted molar refractivity (Wildman–Crippen MR) is 67.8 cm³/mol. The first kappa shape index (κ1) is 11.3. The van der Waals surface area contributed by atoms with E-state index < -0.39 is 0 Å². The van der Waals surface area contributed by atoms with Crippen molar-refractivity contribution in [3.63, 3.8) is 0 Å². The average Bonchev–Trinajstić information content (AvgIpc) is 2.69. The van der Waals surface area contributed by atoms with Gasteiger partial charge in [0.1, 0.15) is 17.4 Å². The second-order valence-corrected chi connectivity index (χ2v) is 5.03. The van der Waals surface area contributed by atoms with Gasteiger partial charge < -0.3 is 9.47 Å². The van der Waals surface area contributed by atoms with Crippen molar-refractivity contribution in [1.82, 2.24) is 0 Å². The van der Waals surface area contributed by atoms with E-state index in [1.165, 1.54) is 5.56 Å². The molecule has 1 heterocycles. The molecule has 1 aromatic rings. The van der Waals surface area contributed by atoms with Crippen LogP contribution < -0.4 is 4.74 Å². The van der Waals surface area contributed by atoms with E-state index in [2.05, 4.69) is 6.58 Å². The molecule has 0 N–H and O–H groups in total. The van der Waals surface area contributed by atoms with Crippen LogP contribution in [0.15, 0.2) is 24.3 Å². The number of hydrogen-bond donors (Lipinski definition) is 0. The Morgan fingerprint density at radius 3 is 2.94 bits per heavy atom. The molecule has 3 nitrogen and oxygen atoms in total. The molecule has 1 aromatic carbocycles. The Labute approximate surface area is 106 Å². The number of ether oxygens (including phenoxy) is 2. The third kappa shape index (κ3) is 1.40. The highest BCUT2D eigenvalue weighted by molar-refractivity contribution is 5.97. The van der Waals surface area contributed by atoms with Gasteiger partial charge in [-0.2, -0.15) is 0 Å². The zero-order valence-electron chi connectivity index (χ0n) is 10.7. The maximum Gasteiger partial charge on any atom is 0.342 e. The number of rotatable bonds is 2. The molecular formula is C15H16O3. The van der Waals surface area contributed by atoms with Crippen molar-refractivity contribution in [2.45, 2.75) is 25.9 Å². The molecule has 3 rings (SSSR count). The molecule has 0 radical (unpaired) electrons. The molecule has 2 aliphatic rings. The molecule has 0 fully saturated rings. The first-order chi connectivity index (χ1) is 8.63. The number of methoxy groups -OCH3 is 1. The van der Waals surface area contributed by atoms with Gasteiger partial charge in [-0.25, -0.2) is 4.79 Å². The van der Waals surface area contributed by atoms with E-state index in [0.29, 0.717) is 11.3 Å². The van der Waals surface area contributed by atoms with Crippen molar-refractivity contribution in [2.24, 2.45) is 5.92 Å². The van der Waals surface area contributed by atoms with E-state index >= 15 is 0 Å². The van der Waals surface area contributed by atoms with Crippen molar-refractivity contribution in [2.75, 3.05) is 7.11 Å². The number of hydrogen-bond acceptors (Lipinski definition) is 3. The molecule has 0 saturated carbocycles. The first-order valence-electron chi connectivity index (χ1n) is 6.19. The van der Waals surface area contributed by atoms with E-state index in [0.717, 1.165) is 24.0 Å². The van der Waals surface area contributed by atoms with Crippen LogP contribution >= 0.6 is 0 Å². The quantitative estimate of drug-likeness (QED) is 0.592. The Balaban J connectivity index is 2.19. The van der Waals surface area contributed by atoms with Gasteiger partial charge in [-0.1, -0.05) is 18.2 Å². The van der Waals surface area contributed by atoms with E-state index in [1.807, 2.05) is 19.1 Å². The summed E-state index contributed by atoms with van der Waals surface area (Å²) < 4.78 is 10.8. The van der Waals surface area contributed by atoms with Crippen LogP contribution in [0.3, 0.4) is 0 Å². The smallest absolute Gasteiger partial charge is 0.342 e. The van der Waals surface area contributed by atoms with E-state index in [9.17, 15) is 4.79 Å². The fourth-order valence-corrected chi connectivity index (χ4v) is 3.05. The lowest BCUT2D eigenvalue weighted by molar-refractivity contribution is 0.0253. The zero-order valence-corrected chi connectivity index (χ0v) is 10.7. The highest BCUT2D eigenvalue weighted by Crippen LogP contribution is 2.48. The molecule has 1 aliphatic carbocycles. The summed E-state index contributed by atoms with van der Waals surface area (Å²) >= 11 is 0. The first-order valence-corrected chi connectivity index (χ1v) is 6.19. The van der Waals surface area contributed by atoms with Crippen molar-refractivity contribution in [1.29, 1.82) is 0 Å². The van der Waals surface area contributed by atoms with Gasteiger partial charge in [0.15, 0.2) is 0 Å². The van der Waals surface area contributed by atoms with E-state index in [1.54, 1.807) is 7.11 Å². The molecule has 0 spiro atoms. The summed E-state index contributed by atoms with van der Waals surface area (Å²) in [6.07, 6.45) is 1.80. The summed E-state index contributed by atoms with van der Waals surface area (Å²) in [5, 5.41) is 0. The minimum Gasteiger partial charge on any atom is -0.496 e. The molecule has 3 heteroatoms. The zero-order chi connectivity index (χ0) is 12.9. The van der Waals surface area contributed by atoms with Gasteiger partial charge >= 0.3 is 5.97 Å². The highest BCUT2D eigenvalue weighted by atomic mass is 16.6. The number of benzene rings is 1. The fraction of sp³-hybridized carbons (Fsp3) is 0.400. The van der Waals surface area contributed by atoms with Crippen LogP contribution in [0.25, 0.3) is 0 Å². The number of aryl methyl sites for hydroxylation is 1. The minimum absolute atomic E-state index is 0.163. The van der Waals surface area contributed by atoms with E-state index in [4.69, 9.17) is 9.47 Å². The van der Waals surface area contributed by atoms with Gasteiger partial charge in [-0.05, 0) is 31.4 Å². The second-order valence-electron chi connectivity index (χ2n) is 5.03. The Morgan fingerprint density at radius 2 is 2.28 bits per heavy atom. The lowest BCUT2D eigenvalue weighted by atomic mass is 9.77.